The van der Waals surface area contributed by atoms with Gasteiger partial charge in [0.05, 0.1) is 0 Å². The lowest BCUT2D eigenvalue weighted by atomic mass is 9.98. The number of hydrogen-bond donors (Lipinski definition) is 3. The van der Waals surface area contributed by atoms with E-state index >= 15 is 0 Å². The molecule has 0 aliphatic heterocycles. The maximum absolute atomic E-state index is 12.0. The number of carboxylic acid groups (broad SMARTS) is 1. The summed E-state index contributed by atoms with van der Waals surface area (Å²) in [4.78, 5) is 22.7. The highest BCUT2D eigenvalue weighted by Gasteiger charge is 2.28. The van der Waals surface area contributed by atoms with Crippen LogP contribution in [-0.4, -0.2) is 29.2 Å². The molecule has 0 heterocycles. The van der Waals surface area contributed by atoms with Crippen LogP contribution in [0.15, 0.2) is 0 Å². The summed E-state index contributed by atoms with van der Waals surface area (Å²) in [5.41, 5.74) is 0. The number of hydrogen-bond acceptors (Lipinski definition) is 2. The Morgan fingerprint density at radius 2 is 1.94 bits per heavy atom. The smallest absolute Gasteiger partial charge is 0.405 e. The summed E-state index contributed by atoms with van der Waals surface area (Å²) in [5, 5.41) is 14.0. The summed E-state index contributed by atoms with van der Waals surface area (Å²) in [6, 6.07) is -0.414. The molecule has 1 aliphatic carbocycles. The fraction of sp³-hybridized carbons (Fsp3) is 0.833. The maximum Gasteiger partial charge on any atom is 0.405 e. The van der Waals surface area contributed by atoms with Gasteiger partial charge in [0.1, 0.15) is 6.04 Å². The number of carbonyl (C=O) groups is 2. The number of carbonyl (C=O) groups excluding carboxylic acids is 1. The van der Waals surface area contributed by atoms with Gasteiger partial charge >= 0.3 is 6.09 Å². The fourth-order valence-electron chi connectivity index (χ4n) is 2.20. The SMILES string of the molecule is CC[C@@H](C)[C@@H](NC(=O)O)C(=O)NC1CCCC1. The molecule has 98 valence electrons. The van der Waals surface area contributed by atoms with Gasteiger partial charge < -0.3 is 15.7 Å². The van der Waals surface area contributed by atoms with E-state index in [1.807, 2.05) is 13.8 Å². The number of rotatable bonds is 5. The molecule has 5 heteroatoms. The molecule has 0 unspecified atom stereocenters. The Kier molecular flexibility index (Phi) is 5.25. The van der Waals surface area contributed by atoms with Crippen molar-refractivity contribution in [2.24, 2.45) is 5.92 Å². The van der Waals surface area contributed by atoms with E-state index in [4.69, 9.17) is 5.11 Å². The van der Waals surface area contributed by atoms with Gasteiger partial charge in [0.15, 0.2) is 0 Å². The summed E-state index contributed by atoms with van der Waals surface area (Å²) >= 11 is 0. The van der Waals surface area contributed by atoms with E-state index in [1.165, 1.54) is 0 Å². The topological polar surface area (TPSA) is 78.4 Å². The van der Waals surface area contributed by atoms with Crippen LogP contribution in [0, 0.1) is 5.92 Å². The average Bonchev–Trinajstić information content (AvgIpc) is 2.77. The molecule has 3 N–H and O–H groups in total. The van der Waals surface area contributed by atoms with Gasteiger partial charge in [-0.2, -0.15) is 0 Å². The lowest BCUT2D eigenvalue weighted by molar-refractivity contribution is -0.124. The summed E-state index contributed by atoms with van der Waals surface area (Å²) in [6.45, 7) is 3.83. The molecule has 17 heavy (non-hydrogen) atoms. The highest BCUT2D eigenvalue weighted by molar-refractivity contribution is 5.85. The quantitative estimate of drug-likeness (QED) is 0.687. The van der Waals surface area contributed by atoms with Crippen molar-refractivity contribution in [3.63, 3.8) is 0 Å². The predicted octanol–water partition coefficient (Wildman–Crippen LogP) is 1.73. The Balaban J connectivity index is 2.54. The molecule has 0 spiro atoms. The third kappa shape index (κ3) is 4.24. The molecule has 1 fully saturated rings. The first-order valence-electron chi connectivity index (χ1n) is 6.34. The van der Waals surface area contributed by atoms with E-state index in [9.17, 15) is 9.59 Å². The summed E-state index contributed by atoms with van der Waals surface area (Å²) in [5.74, 6) is -0.179. The monoisotopic (exact) mass is 242 g/mol. The third-order valence-corrected chi connectivity index (χ3v) is 3.48. The van der Waals surface area contributed by atoms with Gasteiger partial charge in [-0.15, -0.1) is 0 Å². The molecular weight excluding hydrogens is 220 g/mol. The van der Waals surface area contributed by atoms with Crippen LogP contribution in [0.2, 0.25) is 0 Å². The zero-order valence-electron chi connectivity index (χ0n) is 10.5. The van der Waals surface area contributed by atoms with Crippen molar-refractivity contribution >= 4 is 12.0 Å². The normalized spacial score (nSPS) is 19.6. The van der Waals surface area contributed by atoms with Gasteiger partial charge in [-0.25, -0.2) is 4.79 Å². The van der Waals surface area contributed by atoms with Crippen molar-refractivity contribution in [1.29, 1.82) is 0 Å². The highest BCUT2D eigenvalue weighted by atomic mass is 16.4. The average molecular weight is 242 g/mol. The second-order valence-corrected chi connectivity index (χ2v) is 4.80. The van der Waals surface area contributed by atoms with E-state index in [-0.39, 0.29) is 17.9 Å². The van der Waals surface area contributed by atoms with Gasteiger partial charge in [-0.05, 0) is 18.8 Å². The van der Waals surface area contributed by atoms with E-state index in [1.54, 1.807) is 0 Å². The summed E-state index contributed by atoms with van der Waals surface area (Å²) in [6.07, 6.45) is 3.93. The molecule has 1 aliphatic rings. The lowest BCUT2D eigenvalue weighted by Gasteiger charge is -2.24. The molecule has 1 saturated carbocycles. The molecule has 0 radical (unpaired) electrons. The lowest BCUT2D eigenvalue weighted by Crippen LogP contribution is -2.51. The molecule has 0 aromatic carbocycles. The molecule has 2 amide bonds. The Morgan fingerprint density at radius 1 is 1.35 bits per heavy atom. The standard InChI is InChI=1S/C12H22N2O3/c1-3-8(2)10(14-12(16)17)11(15)13-9-6-4-5-7-9/h8-10,14H,3-7H2,1-2H3,(H,13,15)(H,16,17)/t8-,10-/m1/s1. The first-order valence-corrected chi connectivity index (χ1v) is 6.34. The van der Waals surface area contributed by atoms with E-state index in [0.717, 1.165) is 32.1 Å². The highest BCUT2D eigenvalue weighted by Crippen LogP contribution is 2.18. The summed E-state index contributed by atoms with van der Waals surface area (Å²) in [7, 11) is 0. The first-order chi connectivity index (χ1) is 8.04. The molecule has 5 nitrogen and oxygen atoms in total. The molecule has 0 bridgehead atoms. The minimum absolute atomic E-state index is 0.00695. The predicted molar refractivity (Wildman–Crippen MR) is 64.8 cm³/mol. The van der Waals surface area contributed by atoms with Crippen molar-refractivity contribution in [2.45, 2.75) is 58.0 Å². The van der Waals surface area contributed by atoms with Gasteiger partial charge in [0.25, 0.3) is 0 Å². The van der Waals surface area contributed by atoms with Crippen molar-refractivity contribution in [2.75, 3.05) is 0 Å². The second-order valence-electron chi connectivity index (χ2n) is 4.80. The van der Waals surface area contributed by atoms with Crippen LogP contribution in [0.4, 0.5) is 4.79 Å². The Morgan fingerprint density at radius 3 is 2.41 bits per heavy atom. The van der Waals surface area contributed by atoms with Crippen molar-refractivity contribution < 1.29 is 14.7 Å². The van der Waals surface area contributed by atoms with Crippen LogP contribution in [0.5, 0.6) is 0 Å². The molecule has 2 atom stereocenters. The second kappa shape index (κ2) is 6.47. The molecule has 0 saturated heterocycles. The Bertz CT molecular complexity index is 275. The molecule has 0 aromatic rings. The minimum Gasteiger partial charge on any atom is -0.465 e. The Labute approximate surface area is 102 Å². The summed E-state index contributed by atoms with van der Waals surface area (Å²) < 4.78 is 0. The number of nitrogens with one attached hydrogen (secondary N) is 2. The number of amides is 2. The van der Waals surface area contributed by atoms with E-state index in [0.29, 0.717) is 0 Å². The Hall–Kier alpha value is -1.26. The van der Waals surface area contributed by atoms with Crippen LogP contribution >= 0.6 is 0 Å². The van der Waals surface area contributed by atoms with Crippen LogP contribution in [0.1, 0.15) is 46.0 Å². The van der Waals surface area contributed by atoms with Crippen molar-refractivity contribution in [3.05, 3.63) is 0 Å². The van der Waals surface area contributed by atoms with Gasteiger partial charge in [-0.3, -0.25) is 4.79 Å². The molecule has 1 rings (SSSR count). The van der Waals surface area contributed by atoms with Crippen LogP contribution in [-0.2, 0) is 4.79 Å². The maximum atomic E-state index is 12.0. The van der Waals surface area contributed by atoms with Gasteiger partial charge in [0.2, 0.25) is 5.91 Å². The zero-order valence-corrected chi connectivity index (χ0v) is 10.5. The van der Waals surface area contributed by atoms with Crippen LogP contribution < -0.4 is 10.6 Å². The van der Waals surface area contributed by atoms with Gasteiger partial charge in [-0.1, -0.05) is 33.1 Å². The third-order valence-electron chi connectivity index (χ3n) is 3.48. The van der Waals surface area contributed by atoms with Crippen molar-refractivity contribution in [1.82, 2.24) is 10.6 Å². The fourth-order valence-corrected chi connectivity index (χ4v) is 2.20. The van der Waals surface area contributed by atoms with E-state index in [2.05, 4.69) is 10.6 Å². The largest absolute Gasteiger partial charge is 0.465 e. The van der Waals surface area contributed by atoms with Crippen LogP contribution in [0.25, 0.3) is 0 Å². The molecule has 0 aromatic heterocycles. The van der Waals surface area contributed by atoms with Gasteiger partial charge in [0, 0.05) is 6.04 Å². The van der Waals surface area contributed by atoms with Crippen molar-refractivity contribution in [3.8, 4) is 0 Å². The minimum atomic E-state index is -1.14. The zero-order chi connectivity index (χ0) is 12.8. The molecular formula is C12H22N2O3. The van der Waals surface area contributed by atoms with Crippen LogP contribution in [0.3, 0.4) is 0 Å². The van der Waals surface area contributed by atoms with E-state index < -0.39 is 12.1 Å². The first kappa shape index (κ1) is 13.8.